The van der Waals surface area contributed by atoms with Crippen molar-refractivity contribution in [2.45, 2.75) is 25.4 Å². The normalized spacial score (nSPS) is 19.5. The average Bonchev–Trinajstić information content (AvgIpc) is 3.11. The number of rotatable bonds is 3. The summed E-state index contributed by atoms with van der Waals surface area (Å²) in [7, 11) is 0. The lowest BCUT2D eigenvalue weighted by Crippen LogP contribution is -2.23. The van der Waals surface area contributed by atoms with Gasteiger partial charge >= 0.3 is 0 Å². The maximum Gasteiger partial charge on any atom is 0.162 e. The summed E-state index contributed by atoms with van der Waals surface area (Å²) >= 11 is 0. The molecule has 1 aliphatic heterocycles. The second kappa shape index (κ2) is 5.22. The standard InChI is InChI=1S/C16H15N3O/c1-12-9-15(13-5-3-2-4-6-13)19(18-12)16(10-17)14-7-8-20-11-14/h2-8,11,15-16H,9H2,1H3/t15-,16-/m1/s1. The van der Waals surface area contributed by atoms with Crippen molar-refractivity contribution in [3.63, 3.8) is 0 Å². The Morgan fingerprint density at radius 2 is 2.15 bits per heavy atom. The Bertz CT molecular complexity index is 640. The minimum Gasteiger partial charge on any atom is -0.472 e. The molecule has 0 radical (unpaired) electrons. The van der Waals surface area contributed by atoms with Gasteiger partial charge in [-0.15, -0.1) is 0 Å². The Labute approximate surface area is 117 Å². The molecule has 2 aromatic rings. The first-order chi connectivity index (χ1) is 9.79. The van der Waals surface area contributed by atoms with Gasteiger partial charge in [-0.3, -0.25) is 5.01 Å². The van der Waals surface area contributed by atoms with E-state index in [1.54, 1.807) is 12.5 Å². The number of nitriles is 1. The molecule has 4 nitrogen and oxygen atoms in total. The zero-order chi connectivity index (χ0) is 13.9. The molecule has 0 unspecified atom stereocenters. The lowest BCUT2D eigenvalue weighted by Gasteiger charge is -2.27. The molecule has 2 atom stereocenters. The molecule has 100 valence electrons. The molecular formula is C16H15N3O. The zero-order valence-corrected chi connectivity index (χ0v) is 11.2. The van der Waals surface area contributed by atoms with Gasteiger partial charge in [0.2, 0.25) is 0 Å². The predicted molar refractivity (Wildman–Crippen MR) is 75.8 cm³/mol. The van der Waals surface area contributed by atoms with Crippen molar-refractivity contribution in [1.29, 1.82) is 5.26 Å². The molecule has 1 aromatic heterocycles. The fourth-order valence-corrected chi connectivity index (χ4v) is 2.58. The Morgan fingerprint density at radius 3 is 2.80 bits per heavy atom. The number of hydrazone groups is 1. The Kier molecular flexibility index (Phi) is 3.26. The Balaban J connectivity index is 1.95. The first kappa shape index (κ1) is 12.5. The van der Waals surface area contributed by atoms with Crippen LogP contribution in [-0.4, -0.2) is 10.7 Å². The van der Waals surface area contributed by atoms with E-state index in [9.17, 15) is 5.26 Å². The highest BCUT2D eigenvalue weighted by atomic mass is 16.3. The fraction of sp³-hybridized carbons (Fsp3) is 0.250. The second-order valence-corrected chi connectivity index (χ2v) is 4.93. The van der Waals surface area contributed by atoms with Crippen LogP contribution in [0.1, 0.15) is 36.6 Å². The summed E-state index contributed by atoms with van der Waals surface area (Å²) in [6.07, 6.45) is 4.04. The minimum absolute atomic E-state index is 0.107. The highest BCUT2D eigenvalue weighted by Gasteiger charge is 2.33. The van der Waals surface area contributed by atoms with Crippen LogP contribution in [0.4, 0.5) is 0 Å². The van der Waals surface area contributed by atoms with Gasteiger partial charge in [-0.1, -0.05) is 30.3 Å². The summed E-state index contributed by atoms with van der Waals surface area (Å²) in [5.41, 5.74) is 3.06. The lowest BCUT2D eigenvalue weighted by molar-refractivity contribution is 0.196. The highest BCUT2D eigenvalue weighted by molar-refractivity contribution is 5.84. The van der Waals surface area contributed by atoms with Gasteiger partial charge in [0.05, 0.1) is 24.6 Å². The average molecular weight is 265 g/mol. The second-order valence-electron chi connectivity index (χ2n) is 4.93. The topological polar surface area (TPSA) is 52.5 Å². The van der Waals surface area contributed by atoms with Crippen LogP contribution in [-0.2, 0) is 0 Å². The molecule has 0 saturated carbocycles. The third-order valence-corrected chi connectivity index (χ3v) is 3.52. The van der Waals surface area contributed by atoms with Crippen molar-refractivity contribution >= 4 is 5.71 Å². The molecule has 0 fully saturated rings. The summed E-state index contributed by atoms with van der Waals surface area (Å²) in [4.78, 5) is 0. The van der Waals surface area contributed by atoms with Crippen LogP contribution in [0, 0.1) is 11.3 Å². The summed E-state index contributed by atoms with van der Waals surface area (Å²) in [6.45, 7) is 2.00. The van der Waals surface area contributed by atoms with Crippen LogP contribution in [0.25, 0.3) is 0 Å². The van der Waals surface area contributed by atoms with Gasteiger partial charge in [0.1, 0.15) is 0 Å². The largest absolute Gasteiger partial charge is 0.472 e. The van der Waals surface area contributed by atoms with Crippen LogP contribution in [0.5, 0.6) is 0 Å². The van der Waals surface area contributed by atoms with Crippen LogP contribution in [0.15, 0.2) is 58.4 Å². The molecule has 0 spiro atoms. The Morgan fingerprint density at radius 1 is 1.35 bits per heavy atom. The first-order valence-electron chi connectivity index (χ1n) is 6.58. The maximum absolute atomic E-state index is 9.51. The minimum atomic E-state index is -0.420. The molecule has 4 heteroatoms. The van der Waals surface area contributed by atoms with E-state index in [4.69, 9.17) is 4.42 Å². The molecule has 2 heterocycles. The Hall–Kier alpha value is -2.54. The number of nitrogens with zero attached hydrogens (tertiary/aromatic N) is 3. The lowest BCUT2D eigenvalue weighted by atomic mass is 10.0. The van der Waals surface area contributed by atoms with E-state index < -0.39 is 6.04 Å². The van der Waals surface area contributed by atoms with Crippen molar-refractivity contribution in [2.75, 3.05) is 0 Å². The molecular weight excluding hydrogens is 250 g/mol. The third kappa shape index (κ3) is 2.19. The number of hydrogen-bond donors (Lipinski definition) is 0. The number of furan rings is 1. The molecule has 0 saturated heterocycles. The van der Waals surface area contributed by atoms with Gasteiger partial charge in [0.25, 0.3) is 0 Å². The van der Waals surface area contributed by atoms with Crippen LogP contribution in [0.2, 0.25) is 0 Å². The first-order valence-corrected chi connectivity index (χ1v) is 6.58. The molecule has 0 N–H and O–H groups in total. The SMILES string of the molecule is CC1=NN([C@H](C#N)c2ccoc2)[C@@H](c2ccccc2)C1. The van der Waals surface area contributed by atoms with E-state index in [1.807, 2.05) is 36.2 Å². The molecule has 3 rings (SSSR count). The van der Waals surface area contributed by atoms with E-state index in [1.165, 1.54) is 5.56 Å². The van der Waals surface area contributed by atoms with E-state index in [0.717, 1.165) is 17.7 Å². The monoisotopic (exact) mass is 265 g/mol. The maximum atomic E-state index is 9.51. The van der Waals surface area contributed by atoms with E-state index in [2.05, 4.69) is 23.3 Å². The van der Waals surface area contributed by atoms with Gasteiger partial charge in [-0.05, 0) is 18.6 Å². The van der Waals surface area contributed by atoms with Crippen molar-refractivity contribution in [1.82, 2.24) is 5.01 Å². The van der Waals surface area contributed by atoms with Gasteiger partial charge in [0, 0.05) is 17.7 Å². The third-order valence-electron chi connectivity index (χ3n) is 3.52. The molecule has 0 bridgehead atoms. The molecule has 0 aliphatic carbocycles. The van der Waals surface area contributed by atoms with Crippen LogP contribution >= 0.6 is 0 Å². The van der Waals surface area contributed by atoms with Crippen LogP contribution in [0.3, 0.4) is 0 Å². The zero-order valence-electron chi connectivity index (χ0n) is 11.2. The van der Waals surface area contributed by atoms with Crippen LogP contribution < -0.4 is 0 Å². The van der Waals surface area contributed by atoms with E-state index in [0.29, 0.717) is 0 Å². The molecule has 1 aromatic carbocycles. The predicted octanol–water partition coefficient (Wildman–Crippen LogP) is 3.67. The molecule has 20 heavy (non-hydrogen) atoms. The van der Waals surface area contributed by atoms with E-state index >= 15 is 0 Å². The number of hydrogen-bond acceptors (Lipinski definition) is 4. The number of benzene rings is 1. The summed E-state index contributed by atoms with van der Waals surface area (Å²) in [6, 6.07) is 14.0. The molecule has 1 aliphatic rings. The van der Waals surface area contributed by atoms with Gasteiger partial charge in [-0.25, -0.2) is 0 Å². The fourth-order valence-electron chi connectivity index (χ4n) is 2.58. The van der Waals surface area contributed by atoms with Crippen molar-refractivity contribution in [3.05, 3.63) is 60.1 Å². The van der Waals surface area contributed by atoms with Crippen molar-refractivity contribution in [2.24, 2.45) is 5.10 Å². The van der Waals surface area contributed by atoms with Gasteiger partial charge in [0.15, 0.2) is 6.04 Å². The summed E-state index contributed by atoms with van der Waals surface area (Å²) in [5, 5.41) is 16.0. The molecule has 0 amide bonds. The summed E-state index contributed by atoms with van der Waals surface area (Å²) < 4.78 is 5.10. The van der Waals surface area contributed by atoms with Crippen molar-refractivity contribution in [3.8, 4) is 6.07 Å². The summed E-state index contributed by atoms with van der Waals surface area (Å²) in [5.74, 6) is 0. The smallest absolute Gasteiger partial charge is 0.162 e. The highest BCUT2D eigenvalue weighted by Crippen LogP contribution is 2.37. The quantitative estimate of drug-likeness (QED) is 0.850. The van der Waals surface area contributed by atoms with Gasteiger partial charge < -0.3 is 4.42 Å². The van der Waals surface area contributed by atoms with Crippen molar-refractivity contribution < 1.29 is 4.42 Å². The van der Waals surface area contributed by atoms with E-state index in [-0.39, 0.29) is 6.04 Å². The van der Waals surface area contributed by atoms with Gasteiger partial charge in [-0.2, -0.15) is 10.4 Å².